The summed E-state index contributed by atoms with van der Waals surface area (Å²) in [6.07, 6.45) is 0. The van der Waals surface area contributed by atoms with Crippen LogP contribution in [0.2, 0.25) is 0 Å². The number of carbonyl (C=O) groups is 1. The van der Waals surface area contributed by atoms with Crippen molar-refractivity contribution in [2.24, 2.45) is 0 Å². The van der Waals surface area contributed by atoms with Gasteiger partial charge in [-0.05, 0) is 52.8 Å². The Labute approximate surface area is 193 Å². The van der Waals surface area contributed by atoms with Crippen LogP contribution in [0.1, 0.15) is 22.8 Å². The molecule has 2 heterocycles. The first-order valence-electron chi connectivity index (χ1n) is 10.4. The molecule has 0 aliphatic heterocycles. The molecule has 0 unspecified atom stereocenters. The van der Waals surface area contributed by atoms with Crippen LogP contribution in [0.15, 0.2) is 65.8 Å². The zero-order chi connectivity index (χ0) is 22.9. The van der Waals surface area contributed by atoms with Crippen LogP contribution >= 0.6 is 11.8 Å². The van der Waals surface area contributed by atoms with Crippen molar-refractivity contribution < 1.29 is 9.90 Å². The summed E-state index contributed by atoms with van der Waals surface area (Å²) < 4.78 is 1.94. The fraction of sp³-hybridized carbons (Fsp3) is 0.125. The van der Waals surface area contributed by atoms with Gasteiger partial charge in [0.1, 0.15) is 0 Å². The van der Waals surface area contributed by atoms with Crippen LogP contribution in [0.25, 0.3) is 39.2 Å². The van der Waals surface area contributed by atoms with E-state index in [4.69, 9.17) is 4.98 Å². The third-order valence-corrected chi connectivity index (χ3v) is 6.25. The predicted molar refractivity (Wildman–Crippen MR) is 128 cm³/mol. The third kappa shape index (κ3) is 3.66. The molecule has 3 aromatic carbocycles. The number of H-pyrrole nitrogens is 1. The Morgan fingerprint density at radius 1 is 1.06 bits per heavy atom. The van der Waals surface area contributed by atoms with Gasteiger partial charge in [-0.25, -0.2) is 9.78 Å². The summed E-state index contributed by atoms with van der Waals surface area (Å²) in [6.45, 7) is 4.00. The van der Waals surface area contributed by atoms with Crippen molar-refractivity contribution >= 4 is 28.8 Å². The van der Waals surface area contributed by atoms with E-state index in [0.29, 0.717) is 16.9 Å². The maximum Gasteiger partial charge on any atom is 0.337 e. The smallest absolute Gasteiger partial charge is 0.337 e. The van der Waals surface area contributed by atoms with Gasteiger partial charge in [0.25, 0.3) is 0 Å². The standard InChI is InChI=1S/C24H20N6O2S/c1-3-33-24-25-20-14(2)8-13-19(23(31)32)21(20)30(24)16-11-9-15(10-12-16)17-6-4-5-7-18(17)22-26-28-29-27-22/h4-13H,3H2,1-2H3,(H,31,32)(H,26,27,28,29). The monoisotopic (exact) mass is 456 g/mol. The number of aromatic amines is 1. The molecule has 0 radical (unpaired) electrons. The number of nitrogens with zero attached hydrogens (tertiary/aromatic N) is 5. The van der Waals surface area contributed by atoms with E-state index in [1.807, 2.05) is 66.1 Å². The van der Waals surface area contributed by atoms with E-state index in [0.717, 1.165) is 38.9 Å². The van der Waals surface area contributed by atoms with Crippen LogP contribution in [0.3, 0.4) is 0 Å². The van der Waals surface area contributed by atoms with Crippen LogP contribution in [-0.4, -0.2) is 47.0 Å². The normalized spacial score (nSPS) is 11.2. The number of aromatic carboxylic acids is 1. The van der Waals surface area contributed by atoms with E-state index in [1.54, 1.807) is 17.8 Å². The molecule has 164 valence electrons. The second kappa shape index (κ2) is 8.51. The Hall–Kier alpha value is -3.98. The van der Waals surface area contributed by atoms with Gasteiger partial charge < -0.3 is 5.11 Å². The van der Waals surface area contributed by atoms with Crippen LogP contribution in [0, 0.1) is 6.92 Å². The second-order valence-electron chi connectivity index (χ2n) is 7.42. The predicted octanol–water partition coefficient (Wildman–Crippen LogP) is 4.99. The minimum absolute atomic E-state index is 0.234. The maximum absolute atomic E-state index is 12.0. The largest absolute Gasteiger partial charge is 0.478 e. The van der Waals surface area contributed by atoms with E-state index in [9.17, 15) is 9.90 Å². The number of benzene rings is 3. The Morgan fingerprint density at radius 2 is 1.82 bits per heavy atom. The Bertz CT molecular complexity index is 1460. The van der Waals surface area contributed by atoms with Crippen molar-refractivity contribution in [3.63, 3.8) is 0 Å². The fourth-order valence-electron chi connectivity index (χ4n) is 3.92. The number of hydrogen-bond acceptors (Lipinski definition) is 6. The van der Waals surface area contributed by atoms with E-state index >= 15 is 0 Å². The number of thioether (sulfide) groups is 1. The molecule has 5 rings (SSSR count). The number of carboxylic acid groups (broad SMARTS) is 1. The number of fused-ring (bicyclic) bond motifs is 1. The average molecular weight is 457 g/mol. The van der Waals surface area contributed by atoms with Crippen molar-refractivity contribution in [3.05, 3.63) is 71.8 Å². The minimum Gasteiger partial charge on any atom is -0.478 e. The molecular weight excluding hydrogens is 436 g/mol. The number of carboxylic acids is 1. The molecule has 0 fully saturated rings. The SMILES string of the molecule is CCSc1nc2c(C)ccc(C(=O)O)c2n1-c1ccc(-c2ccccc2-c2nn[nH]n2)cc1. The van der Waals surface area contributed by atoms with Gasteiger partial charge in [0.15, 0.2) is 5.16 Å². The maximum atomic E-state index is 12.0. The van der Waals surface area contributed by atoms with Gasteiger partial charge in [-0.3, -0.25) is 4.57 Å². The second-order valence-corrected chi connectivity index (χ2v) is 8.65. The molecule has 8 nitrogen and oxygen atoms in total. The van der Waals surface area contributed by atoms with Gasteiger partial charge in [0.2, 0.25) is 5.82 Å². The number of hydrogen-bond donors (Lipinski definition) is 2. The van der Waals surface area contributed by atoms with Gasteiger partial charge in [0, 0.05) is 11.3 Å². The van der Waals surface area contributed by atoms with E-state index in [2.05, 4.69) is 27.5 Å². The molecule has 0 bridgehead atoms. The number of rotatable bonds is 6. The van der Waals surface area contributed by atoms with E-state index < -0.39 is 5.97 Å². The summed E-state index contributed by atoms with van der Waals surface area (Å²) in [5, 5.41) is 25.0. The summed E-state index contributed by atoms with van der Waals surface area (Å²) in [5.41, 5.74) is 6.18. The number of tetrazole rings is 1. The molecule has 0 spiro atoms. The first-order chi connectivity index (χ1) is 16.1. The lowest BCUT2D eigenvalue weighted by Crippen LogP contribution is -2.03. The molecule has 5 aromatic rings. The lowest BCUT2D eigenvalue weighted by atomic mass is 9.99. The molecule has 2 N–H and O–H groups in total. The van der Waals surface area contributed by atoms with Crippen molar-refractivity contribution in [2.45, 2.75) is 19.0 Å². The topological polar surface area (TPSA) is 110 Å². The van der Waals surface area contributed by atoms with Crippen LogP contribution < -0.4 is 0 Å². The highest BCUT2D eigenvalue weighted by Gasteiger charge is 2.21. The van der Waals surface area contributed by atoms with Crippen LogP contribution in [0.5, 0.6) is 0 Å². The van der Waals surface area contributed by atoms with E-state index in [-0.39, 0.29) is 5.56 Å². The summed E-state index contributed by atoms with van der Waals surface area (Å²) in [5.74, 6) is 0.374. The lowest BCUT2D eigenvalue weighted by molar-refractivity contribution is 0.0698. The molecule has 0 aliphatic carbocycles. The number of imidazole rings is 1. The molecule has 0 amide bonds. The van der Waals surface area contributed by atoms with Crippen LogP contribution in [0.4, 0.5) is 0 Å². The highest BCUT2D eigenvalue weighted by Crippen LogP contribution is 2.34. The number of aromatic nitrogens is 6. The molecule has 0 aliphatic rings. The summed E-state index contributed by atoms with van der Waals surface area (Å²) in [6, 6.07) is 19.3. The summed E-state index contributed by atoms with van der Waals surface area (Å²) in [4.78, 5) is 16.8. The van der Waals surface area contributed by atoms with Gasteiger partial charge in [-0.15, -0.1) is 10.2 Å². The molecular formula is C24H20N6O2S. The van der Waals surface area contributed by atoms with Gasteiger partial charge >= 0.3 is 5.97 Å². The van der Waals surface area contributed by atoms with Crippen molar-refractivity contribution in [1.29, 1.82) is 0 Å². The average Bonchev–Trinajstić information content (AvgIpc) is 3.49. The Morgan fingerprint density at radius 3 is 2.48 bits per heavy atom. The summed E-state index contributed by atoms with van der Waals surface area (Å²) >= 11 is 1.58. The molecule has 0 saturated carbocycles. The van der Waals surface area contributed by atoms with Gasteiger partial charge in [-0.2, -0.15) is 5.21 Å². The Kier molecular flexibility index (Phi) is 5.39. The van der Waals surface area contributed by atoms with Crippen molar-refractivity contribution in [2.75, 3.05) is 5.75 Å². The summed E-state index contributed by atoms with van der Waals surface area (Å²) in [7, 11) is 0. The molecule has 9 heteroatoms. The highest BCUT2D eigenvalue weighted by molar-refractivity contribution is 7.99. The molecule has 2 aromatic heterocycles. The van der Waals surface area contributed by atoms with Gasteiger partial charge in [-0.1, -0.05) is 61.2 Å². The zero-order valence-corrected chi connectivity index (χ0v) is 18.8. The fourth-order valence-corrected chi connectivity index (χ4v) is 4.66. The van der Waals surface area contributed by atoms with E-state index in [1.165, 1.54) is 0 Å². The highest BCUT2D eigenvalue weighted by atomic mass is 32.2. The number of nitrogens with one attached hydrogen (secondary N) is 1. The number of aryl methyl sites for hydroxylation is 1. The third-order valence-electron chi connectivity index (χ3n) is 5.43. The van der Waals surface area contributed by atoms with Gasteiger partial charge in [0.05, 0.1) is 16.6 Å². The van der Waals surface area contributed by atoms with Crippen molar-refractivity contribution in [1.82, 2.24) is 30.2 Å². The first kappa shape index (κ1) is 20.9. The quantitative estimate of drug-likeness (QED) is 0.346. The first-order valence-corrected chi connectivity index (χ1v) is 11.4. The Balaban J connectivity index is 1.67. The lowest BCUT2D eigenvalue weighted by Gasteiger charge is -2.12. The molecule has 0 saturated heterocycles. The molecule has 33 heavy (non-hydrogen) atoms. The van der Waals surface area contributed by atoms with Crippen LogP contribution in [-0.2, 0) is 0 Å². The minimum atomic E-state index is -0.972. The zero-order valence-electron chi connectivity index (χ0n) is 18.0. The molecule has 0 atom stereocenters. The van der Waals surface area contributed by atoms with Crippen molar-refractivity contribution in [3.8, 4) is 28.2 Å².